The smallest absolute Gasteiger partial charge is 0.323 e. The number of hydrogen-bond acceptors (Lipinski definition) is 4. The van der Waals surface area contributed by atoms with Gasteiger partial charge in [0, 0.05) is 0 Å². The molecule has 4 aromatic rings. The number of aryl methyl sites for hydroxylation is 1. The molecule has 29 heavy (non-hydrogen) atoms. The number of halogens is 1. The number of para-hydroxylation sites is 2. The molecule has 6 nitrogen and oxygen atoms in total. The van der Waals surface area contributed by atoms with Crippen LogP contribution >= 0.6 is 22.9 Å². The van der Waals surface area contributed by atoms with Crippen LogP contribution in [0.15, 0.2) is 69.6 Å². The second kappa shape index (κ2) is 7.69. The van der Waals surface area contributed by atoms with Crippen LogP contribution in [0.1, 0.15) is 5.56 Å². The van der Waals surface area contributed by atoms with Gasteiger partial charge in [-0.2, -0.15) is 0 Å². The van der Waals surface area contributed by atoms with Crippen LogP contribution in [-0.2, 0) is 11.3 Å². The Balaban J connectivity index is 1.83. The third-order valence-electron chi connectivity index (χ3n) is 4.56. The van der Waals surface area contributed by atoms with Gasteiger partial charge in [0.1, 0.15) is 11.2 Å². The van der Waals surface area contributed by atoms with Crippen LogP contribution in [0.5, 0.6) is 0 Å². The molecule has 0 fully saturated rings. The lowest BCUT2D eigenvalue weighted by molar-refractivity contribution is -0.116. The first kappa shape index (κ1) is 19.2. The van der Waals surface area contributed by atoms with Gasteiger partial charge in [0.2, 0.25) is 5.91 Å². The number of nitrogens with one attached hydrogen (secondary N) is 1. The molecule has 8 heteroatoms. The average Bonchev–Trinajstić information content (AvgIpc) is 3.19. The first-order valence-electron chi connectivity index (χ1n) is 8.81. The average molecular weight is 426 g/mol. The van der Waals surface area contributed by atoms with Gasteiger partial charge in [-0.3, -0.25) is 14.2 Å². The highest BCUT2D eigenvalue weighted by atomic mass is 35.5. The molecule has 4 rings (SSSR count). The van der Waals surface area contributed by atoms with Crippen molar-refractivity contribution in [3.05, 3.63) is 91.4 Å². The summed E-state index contributed by atoms with van der Waals surface area (Å²) in [5, 5.41) is 4.85. The predicted molar refractivity (Wildman–Crippen MR) is 117 cm³/mol. The lowest BCUT2D eigenvalue weighted by Gasteiger charge is -2.14. The molecule has 0 aliphatic rings. The van der Waals surface area contributed by atoms with Crippen molar-refractivity contribution in [3.8, 4) is 5.69 Å². The van der Waals surface area contributed by atoms with E-state index < -0.39 is 17.2 Å². The molecule has 0 aliphatic heterocycles. The fourth-order valence-corrected chi connectivity index (χ4v) is 4.17. The van der Waals surface area contributed by atoms with Gasteiger partial charge in [-0.15, -0.1) is 11.3 Å². The number of carbonyl (C=O) groups excluding carboxylic acids is 1. The zero-order valence-electron chi connectivity index (χ0n) is 15.4. The van der Waals surface area contributed by atoms with E-state index in [-0.39, 0.29) is 6.54 Å². The van der Waals surface area contributed by atoms with E-state index in [0.29, 0.717) is 26.6 Å². The van der Waals surface area contributed by atoms with Crippen LogP contribution in [0.3, 0.4) is 0 Å². The molecule has 0 saturated heterocycles. The predicted octanol–water partition coefficient (Wildman–Crippen LogP) is 3.81. The number of aromatic nitrogens is 2. The largest absolute Gasteiger partial charge is 0.336 e. The zero-order chi connectivity index (χ0) is 20.5. The molecule has 1 amide bonds. The lowest BCUT2D eigenvalue weighted by Crippen LogP contribution is -2.40. The van der Waals surface area contributed by atoms with Crippen molar-refractivity contribution >= 4 is 44.7 Å². The number of rotatable bonds is 4. The molecule has 0 bridgehead atoms. The summed E-state index contributed by atoms with van der Waals surface area (Å²) in [5.41, 5.74) is 1.22. The fourth-order valence-electron chi connectivity index (χ4n) is 3.16. The first-order valence-corrected chi connectivity index (χ1v) is 10.1. The van der Waals surface area contributed by atoms with E-state index in [1.165, 1.54) is 15.9 Å². The maximum absolute atomic E-state index is 13.2. The minimum absolute atomic E-state index is 0.247. The number of anilines is 1. The standard InChI is InChI=1S/C21H16ClN3O3S/c1-13-6-2-5-9-16(13)25-20(27)19-17(10-11-29-19)24(21(25)28)12-18(26)23-15-8-4-3-7-14(15)22/h2-11H,12H2,1H3,(H,23,26). The van der Waals surface area contributed by atoms with Gasteiger partial charge in [0.05, 0.1) is 21.9 Å². The zero-order valence-corrected chi connectivity index (χ0v) is 17.0. The van der Waals surface area contributed by atoms with E-state index in [0.717, 1.165) is 10.1 Å². The summed E-state index contributed by atoms with van der Waals surface area (Å²) < 4.78 is 2.85. The van der Waals surface area contributed by atoms with Crippen LogP contribution < -0.4 is 16.6 Å². The Morgan fingerprint density at radius 3 is 2.55 bits per heavy atom. The van der Waals surface area contributed by atoms with Crippen LogP contribution in [0.2, 0.25) is 5.02 Å². The Bertz CT molecular complexity index is 1350. The molecule has 2 heterocycles. The highest BCUT2D eigenvalue weighted by molar-refractivity contribution is 7.17. The van der Waals surface area contributed by atoms with Gasteiger partial charge in [-0.25, -0.2) is 9.36 Å². The summed E-state index contributed by atoms with van der Waals surface area (Å²) in [5.74, 6) is -0.414. The third kappa shape index (κ3) is 3.50. The second-order valence-electron chi connectivity index (χ2n) is 6.46. The van der Waals surface area contributed by atoms with Gasteiger partial charge >= 0.3 is 5.69 Å². The van der Waals surface area contributed by atoms with Crippen molar-refractivity contribution in [1.82, 2.24) is 9.13 Å². The Kier molecular flexibility index (Phi) is 5.08. The Morgan fingerprint density at radius 1 is 1.07 bits per heavy atom. The Hall–Kier alpha value is -3.16. The van der Waals surface area contributed by atoms with Gasteiger partial charge in [-0.1, -0.05) is 41.9 Å². The first-order chi connectivity index (χ1) is 14.0. The van der Waals surface area contributed by atoms with Crippen LogP contribution in [-0.4, -0.2) is 15.0 Å². The highest BCUT2D eigenvalue weighted by Gasteiger charge is 2.18. The highest BCUT2D eigenvalue weighted by Crippen LogP contribution is 2.21. The number of thiophene rings is 1. The fraction of sp³-hybridized carbons (Fsp3) is 0.0952. The maximum atomic E-state index is 13.2. The molecule has 2 aromatic carbocycles. The van der Waals surface area contributed by atoms with Gasteiger partial charge in [0.15, 0.2) is 0 Å². The molecule has 0 aliphatic carbocycles. The molecule has 0 unspecified atom stereocenters. The number of hydrogen-bond donors (Lipinski definition) is 1. The Labute approximate surface area is 174 Å². The number of amides is 1. The van der Waals surface area contributed by atoms with Crippen LogP contribution in [0.25, 0.3) is 15.9 Å². The number of carbonyl (C=O) groups is 1. The molecule has 0 radical (unpaired) electrons. The Morgan fingerprint density at radius 2 is 1.79 bits per heavy atom. The molecule has 0 spiro atoms. The van der Waals surface area contributed by atoms with Crippen molar-refractivity contribution in [2.24, 2.45) is 0 Å². The van der Waals surface area contributed by atoms with E-state index in [1.54, 1.807) is 47.8 Å². The van der Waals surface area contributed by atoms with E-state index in [9.17, 15) is 14.4 Å². The molecule has 0 saturated carbocycles. The van der Waals surface area contributed by atoms with Gasteiger partial charge in [0.25, 0.3) is 5.56 Å². The molecule has 2 aromatic heterocycles. The third-order valence-corrected chi connectivity index (χ3v) is 5.78. The van der Waals surface area contributed by atoms with Crippen molar-refractivity contribution in [1.29, 1.82) is 0 Å². The molecular weight excluding hydrogens is 410 g/mol. The van der Waals surface area contributed by atoms with E-state index >= 15 is 0 Å². The SMILES string of the molecule is Cc1ccccc1-n1c(=O)c2sccc2n(CC(=O)Nc2ccccc2Cl)c1=O. The monoisotopic (exact) mass is 425 g/mol. The topological polar surface area (TPSA) is 73.1 Å². The number of benzene rings is 2. The molecule has 0 atom stereocenters. The maximum Gasteiger partial charge on any atom is 0.336 e. The minimum Gasteiger partial charge on any atom is -0.323 e. The quantitative estimate of drug-likeness (QED) is 0.540. The van der Waals surface area contributed by atoms with Crippen LogP contribution in [0, 0.1) is 6.92 Å². The number of fused-ring (bicyclic) bond motifs is 1. The molecular formula is C21H16ClN3O3S. The van der Waals surface area contributed by atoms with Crippen molar-refractivity contribution in [3.63, 3.8) is 0 Å². The van der Waals surface area contributed by atoms with Gasteiger partial charge in [-0.05, 0) is 42.1 Å². The lowest BCUT2D eigenvalue weighted by atomic mass is 10.2. The van der Waals surface area contributed by atoms with E-state index in [2.05, 4.69) is 5.32 Å². The summed E-state index contributed by atoms with van der Waals surface area (Å²) in [7, 11) is 0. The molecule has 1 N–H and O–H groups in total. The van der Waals surface area contributed by atoms with E-state index in [4.69, 9.17) is 11.6 Å². The summed E-state index contributed by atoms with van der Waals surface area (Å²) in [6.07, 6.45) is 0. The summed E-state index contributed by atoms with van der Waals surface area (Å²) in [6.45, 7) is 1.58. The second-order valence-corrected chi connectivity index (χ2v) is 7.78. The summed E-state index contributed by atoms with van der Waals surface area (Å²) in [6, 6.07) is 15.7. The summed E-state index contributed by atoms with van der Waals surface area (Å²) in [4.78, 5) is 38.9. The van der Waals surface area contributed by atoms with Gasteiger partial charge < -0.3 is 5.32 Å². The summed E-state index contributed by atoms with van der Waals surface area (Å²) >= 11 is 7.34. The van der Waals surface area contributed by atoms with Crippen molar-refractivity contribution in [2.75, 3.05) is 5.32 Å². The van der Waals surface area contributed by atoms with Crippen molar-refractivity contribution in [2.45, 2.75) is 13.5 Å². The van der Waals surface area contributed by atoms with Crippen molar-refractivity contribution < 1.29 is 4.79 Å². The normalized spacial score (nSPS) is 11.0. The van der Waals surface area contributed by atoms with Crippen LogP contribution in [0.4, 0.5) is 5.69 Å². The molecule has 146 valence electrons. The minimum atomic E-state index is -0.565. The van der Waals surface area contributed by atoms with E-state index in [1.807, 2.05) is 19.1 Å². The number of nitrogens with zero attached hydrogens (tertiary/aromatic N) is 2.